The molecule has 0 N–H and O–H groups in total. The predicted octanol–water partition coefficient (Wildman–Crippen LogP) is 1.90. The van der Waals surface area contributed by atoms with E-state index in [4.69, 9.17) is 13.1 Å². The first-order chi connectivity index (χ1) is 6.26. The van der Waals surface area contributed by atoms with Gasteiger partial charge in [-0.15, -0.1) is 5.75 Å². The van der Waals surface area contributed by atoms with Crippen molar-refractivity contribution in [3.63, 3.8) is 0 Å². The number of rotatable bonds is 1. The summed E-state index contributed by atoms with van der Waals surface area (Å²) in [5, 5.41) is 10.7. The quantitative estimate of drug-likeness (QED) is 0.591. The Morgan fingerprint density at radius 1 is 1.15 bits per heavy atom. The Bertz CT molecular complexity index is 388. The van der Waals surface area contributed by atoms with Crippen molar-refractivity contribution in [2.45, 2.75) is 0 Å². The Morgan fingerprint density at radius 3 is 2.15 bits per heavy atom. The summed E-state index contributed by atoms with van der Waals surface area (Å²) >= 11 is 0. The molecule has 13 heavy (non-hydrogen) atoms. The van der Waals surface area contributed by atoms with Crippen molar-refractivity contribution in [3.8, 4) is 5.75 Å². The zero-order chi connectivity index (χ0) is 9.68. The Kier molecular flexibility index (Phi) is 2.68. The van der Waals surface area contributed by atoms with Gasteiger partial charge in [0, 0.05) is 6.08 Å². The lowest BCUT2D eigenvalue weighted by molar-refractivity contribution is -0.268. The minimum atomic E-state index is -0.0793. The molecule has 0 fully saturated rings. The zero-order valence-corrected chi connectivity index (χ0v) is 6.69. The Balaban J connectivity index is 3.00. The van der Waals surface area contributed by atoms with Crippen LogP contribution in [-0.4, -0.2) is 0 Å². The number of hydrogen-bond donors (Lipinski definition) is 0. The third kappa shape index (κ3) is 2.36. The summed E-state index contributed by atoms with van der Waals surface area (Å²) in [5.41, 5.74) is 0.696. The predicted molar refractivity (Wildman–Crippen MR) is 47.1 cm³/mol. The molecule has 0 saturated carbocycles. The molecule has 62 valence electrons. The van der Waals surface area contributed by atoms with E-state index in [2.05, 4.69) is 9.69 Å². The molecule has 3 heteroatoms. The van der Waals surface area contributed by atoms with Crippen LogP contribution in [0.2, 0.25) is 0 Å². The van der Waals surface area contributed by atoms with Gasteiger partial charge in [-0.25, -0.2) is 0 Å². The van der Waals surface area contributed by atoms with Crippen molar-refractivity contribution in [2.24, 2.45) is 0 Å². The molecule has 0 bridgehead atoms. The number of nitrogens with zero attached hydrogens (tertiary/aromatic N) is 2. The lowest BCUT2D eigenvalue weighted by atomic mass is 10.2. The van der Waals surface area contributed by atoms with E-state index in [-0.39, 0.29) is 11.6 Å². The molecular weight excluding hydrogens is 164 g/mol. The molecule has 0 amide bonds. The van der Waals surface area contributed by atoms with Gasteiger partial charge in [0.15, 0.2) is 0 Å². The zero-order valence-electron chi connectivity index (χ0n) is 6.69. The summed E-state index contributed by atoms with van der Waals surface area (Å²) < 4.78 is 0. The van der Waals surface area contributed by atoms with Crippen LogP contribution in [0.25, 0.3) is 15.8 Å². The van der Waals surface area contributed by atoms with E-state index in [9.17, 15) is 5.11 Å². The molecule has 0 heterocycles. The van der Waals surface area contributed by atoms with Gasteiger partial charge in [-0.1, -0.05) is 24.3 Å². The van der Waals surface area contributed by atoms with E-state index in [0.717, 1.165) is 0 Å². The SMILES string of the molecule is [C-]#[N+]C(=Cc1ccc([O-])cc1)[N+]#[C-]. The van der Waals surface area contributed by atoms with Gasteiger partial charge in [0.25, 0.3) is 0 Å². The minimum absolute atomic E-state index is 0.00125. The van der Waals surface area contributed by atoms with Crippen molar-refractivity contribution in [3.05, 3.63) is 58.5 Å². The molecule has 0 saturated heterocycles. The highest BCUT2D eigenvalue weighted by atomic mass is 16.3. The van der Waals surface area contributed by atoms with E-state index in [1.54, 1.807) is 12.1 Å². The van der Waals surface area contributed by atoms with Gasteiger partial charge in [-0.2, -0.15) is 9.69 Å². The van der Waals surface area contributed by atoms with Gasteiger partial charge in [-0.05, 0) is 5.56 Å². The molecule has 0 aliphatic heterocycles. The fourth-order valence-corrected chi connectivity index (χ4v) is 0.803. The van der Waals surface area contributed by atoms with Crippen molar-refractivity contribution in [1.82, 2.24) is 0 Å². The molecule has 1 aromatic rings. The highest BCUT2D eigenvalue weighted by Crippen LogP contribution is 2.11. The van der Waals surface area contributed by atoms with E-state index in [0.29, 0.717) is 5.56 Å². The maximum absolute atomic E-state index is 10.7. The molecule has 0 spiro atoms. The second kappa shape index (κ2) is 3.94. The summed E-state index contributed by atoms with van der Waals surface area (Å²) in [7, 11) is 0. The van der Waals surface area contributed by atoms with Crippen molar-refractivity contribution >= 4 is 6.08 Å². The number of hydrogen-bond acceptors (Lipinski definition) is 1. The molecule has 0 radical (unpaired) electrons. The molecule has 1 rings (SSSR count). The van der Waals surface area contributed by atoms with Gasteiger partial charge in [0.2, 0.25) is 0 Å². The van der Waals surface area contributed by atoms with Crippen LogP contribution in [0.5, 0.6) is 5.75 Å². The Morgan fingerprint density at radius 2 is 1.69 bits per heavy atom. The Hall–Kier alpha value is -2.26. The van der Waals surface area contributed by atoms with E-state index in [1.165, 1.54) is 18.2 Å². The van der Waals surface area contributed by atoms with Gasteiger partial charge < -0.3 is 5.11 Å². The smallest absolute Gasteiger partial charge is 0.519 e. The Labute approximate surface area is 76.2 Å². The minimum Gasteiger partial charge on any atom is -0.872 e. The molecule has 0 aliphatic rings. The maximum atomic E-state index is 10.7. The van der Waals surface area contributed by atoms with Crippen LogP contribution in [0.4, 0.5) is 0 Å². The van der Waals surface area contributed by atoms with Crippen LogP contribution in [0.15, 0.2) is 30.1 Å². The standard InChI is InChI=1S/C10H6N2O/c1-11-10(12-2)7-8-3-5-9(13)6-4-8/h3-7,13H/p-1. The molecule has 0 aromatic heterocycles. The fourth-order valence-electron chi connectivity index (χ4n) is 0.803. The second-order valence-electron chi connectivity index (χ2n) is 2.30. The van der Waals surface area contributed by atoms with Crippen molar-refractivity contribution in [2.75, 3.05) is 0 Å². The summed E-state index contributed by atoms with van der Waals surface area (Å²) in [6.45, 7) is 13.3. The average molecular weight is 169 g/mol. The molecule has 0 aliphatic carbocycles. The van der Waals surface area contributed by atoms with E-state index >= 15 is 0 Å². The summed E-state index contributed by atoms with van der Waals surface area (Å²) in [6.07, 6.45) is 1.44. The lowest BCUT2D eigenvalue weighted by Gasteiger charge is -2.02. The van der Waals surface area contributed by atoms with E-state index in [1.807, 2.05) is 0 Å². The lowest BCUT2D eigenvalue weighted by Crippen LogP contribution is -1.87. The molecule has 0 atom stereocenters. The summed E-state index contributed by atoms with van der Waals surface area (Å²) in [6, 6.07) is 5.96. The number of benzene rings is 1. The third-order valence-electron chi connectivity index (χ3n) is 1.40. The first kappa shape index (κ1) is 8.83. The molecular formula is C10H5N2O-. The van der Waals surface area contributed by atoms with Crippen LogP contribution < -0.4 is 5.11 Å². The van der Waals surface area contributed by atoms with Gasteiger partial charge in [0.05, 0.1) is 0 Å². The molecule has 0 unspecified atom stereocenters. The first-order valence-electron chi connectivity index (χ1n) is 3.50. The van der Waals surface area contributed by atoms with Gasteiger partial charge >= 0.3 is 5.82 Å². The highest BCUT2D eigenvalue weighted by molar-refractivity contribution is 5.56. The summed E-state index contributed by atoms with van der Waals surface area (Å²) in [5.74, 6) is -0.0806. The highest BCUT2D eigenvalue weighted by Gasteiger charge is 2.00. The van der Waals surface area contributed by atoms with Crippen LogP contribution >= 0.6 is 0 Å². The van der Waals surface area contributed by atoms with Crippen LogP contribution in [-0.2, 0) is 0 Å². The monoisotopic (exact) mass is 169 g/mol. The van der Waals surface area contributed by atoms with Gasteiger partial charge in [0.1, 0.15) is 13.1 Å². The van der Waals surface area contributed by atoms with Gasteiger partial charge in [-0.3, -0.25) is 0 Å². The van der Waals surface area contributed by atoms with Crippen LogP contribution in [0.1, 0.15) is 5.56 Å². The first-order valence-corrected chi connectivity index (χ1v) is 3.50. The molecule has 3 nitrogen and oxygen atoms in total. The van der Waals surface area contributed by atoms with Crippen LogP contribution in [0, 0.1) is 13.1 Å². The average Bonchev–Trinajstić information content (AvgIpc) is 2.17. The maximum Gasteiger partial charge on any atom is 0.519 e. The molecule has 1 aromatic carbocycles. The fraction of sp³-hybridized carbons (Fsp3) is 0. The van der Waals surface area contributed by atoms with Crippen LogP contribution in [0.3, 0.4) is 0 Å². The van der Waals surface area contributed by atoms with Crippen molar-refractivity contribution in [1.29, 1.82) is 0 Å². The van der Waals surface area contributed by atoms with Crippen molar-refractivity contribution < 1.29 is 5.11 Å². The van der Waals surface area contributed by atoms with E-state index < -0.39 is 0 Å². The third-order valence-corrected chi connectivity index (χ3v) is 1.40. The summed E-state index contributed by atoms with van der Waals surface area (Å²) in [4.78, 5) is 6.01. The largest absolute Gasteiger partial charge is 0.872 e. The topological polar surface area (TPSA) is 31.8 Å². The second-order valence-corrected chi connectivity index (χ2v) is 2.30. The normalized spacial score (nSPS) is 8.15.